The largest absolute Gasteiger partial charge is 0.367 e. The van der Waals surface area contributed by atoms with E-state index >= 15 is 0 Å². The Morgan fingerprint density at radius 3 is 2.88 bits per heavy atom. The summed E-state index contributed by atoms with van der Waals surface area (Å²) in [6.07, 6.45) is 3.80. The molecule has 3 aromatic rings. The summed E-state index contributed by atoms with van der Waals surface area (Å²) < 4.78 is 7.82. The molecule has 26 heavy (non-hydrogen) atoms. The number of aromatic nitrogens is 3. The first-order valence-electron chi connectivity index (χ1n) is 8.38. The number of nitro groups is 1. The second-order valence-electron chi connectivity index (χ2n) is 6.71. The Hall–Kier alpha value is -3.00. The Morgan fingerprint density at radius 2 is 2.15 bits per heavy atom. The van der Waals surface area contributed by atoms with Gasteiger partial charge in [0.05, 0.1) is 29.8 Å². The lowest BCUT2D eigenvalue weighted by molar-refractivity contribution is -0.384. The van der Waals surface area contributed by atoms with Gasteiger partial charge in [-0.05, 0) is 25.1 Å². The van der Waals surface area contributed by atoms with Gasteiger partial charge in [-0.25, -0.2) is 4.98 Å². The van der Waals surface area contributed by atoms with Crippen LogP contribution in [0.25, 0.3) is 10.9 Å². The van der Waals surface area contributed by atoms with Crippen LogP contribution in [0.4, 0.5) is 11.5 Å². The van der Waals surface area contributed by atoms with Crippen molar-refractivity contribution in [2.24, 2.45) is 7.05 Å². The third kappa shape index (κ3) is 2.88. The highest BCUT2D eigenvalue weighted by Gasteiger charge is 2.35. The van der Waals surface area contributed by atoms with Crippen molar-refractivity contribution in [1.82, 2.24) is 14.8 Å². The van der Waals surface area contributed by atoms with E-state index in [0.29, 0.717) is 13.2 Å². The van der Waals surface area contributed by atoms with Crippen LogP contribution in [0.5, 0.6) is 0 Å². The second-order valence-corrected chi connectivity index (χ2v) is 6.71. The third-order valence-corrected chi connectivity index (χ3v) is 4.78. The van der Waals surface area contributed by atoms with E-state index in [9.17, 15) is 10.1 Å². The summed E-state index contributed by atoms with van der Waals surface area (Å²) in [6.45, 7) is 4.04. The maximum Gasteiger partial charge on any atom is 0.270 e. The molecule has 0 N–H and O–H groups in total. The van der Waals surface area contributed by atoms with Crippen molar-refractivity contribution < 1.29 is 9.66 Å². The molecular weight excluding hydrogens is 334 g/mol. The molecule has 0 spiro atoms. The van der Waals surface area contributed by atoms with Gasteiger partial charge < -0.3 is 9.64 Å². The summed E-state index contributed by atoms with van der Waals surface area (Å²) in [5, 5.41) is 15.9. The fraction of sp³-hybridized carbons (Fsp3) is 0.333. The molecule has 0 radical (unpaired) electrons. The average molecular weight is 353 g/mol. The number of aryl methyl sites for hydroxylation is 1. The number of non-ortho nitro benzene ring substituents is 1. The van der Waals surface area contributed by atoms with Crippen LogP contribution in [-0.4, -0.2) is 39.4 Å². The number of fused-ring (bicyclic) bond motifs is 1. The van der Waals surface area contributed by atoms with Crippen LogP contribution in [-0.2, 0) is 17.4 Å². The number of benzene rings is 1. The fourth-order valence-corrected chi connectivity index (χ4v) is 3.33. The van der Waals surface area contributed by atoms with Crippen molar-refractivity contribution in [3.05, 3.63) is 58.4 Å². The number of nitro benzene ring substituents is 1. The Kier molecular flexibility index (Phi) is 3.84. The Bertz CT molecular complexity index is 986. The minimum absolute atomic E-state index is 0.0718. The molecule has 0 bridgehead atoms. The highest BCUT2D eigenvalue weighted by Crippen LogP contribution is 2.31. The van der Waals surface area contributed by atoms with E-state index in [1.54, 1.807) is 16.8 Å². The van der Waals surface area contributed by atoms with E-state index < -0.39 is 10.5 Å². The number of rotatable bonds is 3. The summed E-state index contributed by atoms with van der Waals surface area (Å²) in [7, 11) is 1.89. The van der Waals surface area contributed by atoms with E-state index in [2.05, 4.69) is 16.9 Å². The first-order valence-corrected chi connectivity index (χ1v) is 8.38. The smallest absolute Gasteiger partial charge is 0.270 e. The van der Waals surface area contributed by atoms with E-state index in [1.165, 1.54) is 6.07 Å². The lowest BCUT2D eigenvalue weighted by Gasteiger charge is -2.40. The van der Waals surface area contributed by atoms with Gasteiger partial charge in [0.25, 0.3) is 5.69 Å². The van der Waals surface area contributed by atoms with Crippen LogP contribution in [0.3, 0.4) is 0 Å². The highest BCUT2D eigenvalue weighted by molar-refractivity contribution is 5.82. The molecule has 1 aliphatic heterocycles. The highest BCUT2D eigenvalue weighted by atomic mass is 16.6. The standard InChI is InChI=1S/C18H19N5O3/c1-18(14-10-19-21(2)11-14)12-22(7-8-26-18)17-6-3-13-9-15(23(24)25)4-5-16(13)20-17/h3-6,9-11H,7-8,12H2,1-2H3. The molecule has 3 heterocycles. The van der Waals surface area contributed by atoms with Crippen LogP contribution in [0, 0.1) is 10.1 Å². The molecule has 8 heteroatoms. The number of hydrogen-bond donors (Lipinski definition) is 0. The van der Waals surface area contributed by atoms with Gasteiger partial charge in [0, 0.05) is 42.9 Å². The molecular formula is C18H19N5O3. The van der Waals surface area contributed by atoms with Gasteiger partial charge in [-0.3, -0.25) is 14.8 Å². The van der Waals surface area contributed by atoms with Crippen molar-refractivity contribution in [3.8, 4) is 0 Å². The number of nitrogens with zero attached hydrogens (tertiary/aromatic N) is 5. The normalized spacial score (nSPS) is 20.5. The van der Waals surface area contributed by atoms with Gasteiger partial charge >= 0.3 is 0 Å². The van der Waals surface area contributed by atoms with Crippen LogP contribution >= 0.6 is 0 Å². The molecule has 134 valence electrons. The molecule has 1 fully saturated rings. The van der Waals surface area contributed by atoms with Gasteiger partial charge in [0.1, 0.15) is 11.4 Å². The zero-order chi connectivity index (χ0) is 18.3. The fourth-order valence-electron chi connectivity index (χ4n) is 3.33. The molecule has 1 atom stereocenters. The number of anilines is 1. The minimum Gasteiger partial charge on any atom is -0.367 e. The van der Waals surface area contributed by atoms with E-state index in [0.717, 1.165) is 28.8 Å². The molecule has 1 unspecified atom stereocenters. The van der Waals surface area contributed by atoms with Crippen LogP contribution in [0.1, 0.15) is 12.5 Å². The summed E-state index contributed by atoms with van der Waals surface area (Å²) >= 11 is 0. The average Bonchev–Trinajstić information content (AvgIpc) is 3.08. The second kappa shape index (κ2) is 6.06. The molecule has 0 saturated carbocycles. The number of ether oxygens (including phenoxy) is 1. The lowest BCUT2D eigenvalue weighted by atomic mass is 9.97. The summed E-state index contributed by atoms with van der Waals surface area (Å²) in [5.41, 5.74) is 1.38. The van der Waals surface area contributed by atoms with Crippen LogP contribution in [0.2, 0.25) is 0 Å². The molecule has 0 aliphatic carbocycles. The molecule has 1 saturated heterocycles. The first-order chi connectivity index (χ1) is 12.4. The van der Waals surface area contributed by atoms with Gasteiger partial charge in [-0.1, -0.05) is 0 Å². The van der Waals surface area contributed by atoms with Crippen LogP contribution < -0.4 is 4.90 Å². The maximum absolute atomic E-state index is 10.9. The number of morpholine rings is 1. The molecule has 1 aliphatic rings. The predicted octanol–water partition coefficient (Wildman–Crippen LogP) is 2.63. The van der Waals surface area contributed by atoms with E-state index in [4.69, 9.17) is 9.72 Å². The van der Waals surface area contributed by atoms with E-state index in [-0.39, 0.29) is 5.69 Å². The zero-order valence-corrected chi connectivity index (χ0v) is 14.6. The monoisotopic (exact) mass is 353 g/mol. The van der Waals surface area contributed by atoms with Crippen molar-refractivity contribution >= 4 is 22.4 Å². The summed E-state index contributed by atoms with van der Waals surface area (Å²) in [5.74, 6) is 0.838. The minimum atomic E-state index is -0.460. The van der Waals surface area contributed by atoms with Crippen molar-refractivity contribution in [2.45, 2.75) is 12.5 Å². The zero-order valence-electron chi connectivity index (χ0n) is 14.6. The topological polar surface area (TPSA) is 86.3 Å². The molecule has 8 nitrogen and oxygen atoms in total. The van der Waals surface area contributed by atoms with Gasteiger partial charge in [-0.15, -0.1) is 0 Å². The summed E-state index contributed by atoms with van der Waals surface area (Å²) in [4.78, 5) is 17.4. The number of hydrogen-bond acceptors (Lipinski definition) is 6. The molecule has 1 aromatic carbocycles. The Balaban J connectivity index is 1.64. The quantitative estimate of drug-likeness (QED) is 0.531. The number of pyridine rings is 1. The molecule has 0 amide bonds. The third-order valence-electron chi connectivity index (χ3n) is 4.78. The van der Waals surface area contributed by atoms with Crippen molar-refractivity contribution in [1.29, 1.82) is 0 Å². The Labute approximate surface area is 150 Å². The van der Waals surface area contributed by atoms with Crippen molar-refractivity contribution in [2.75, 3.05) is 24.6 Å². The maximum atomic E-state index is 10.9. The van der Waals surface area contributed by atoms with Gasteiger partial charge in [0.2, 0.25) is 0 Å². The summed E-state index contributed by atoms with van der Waals surface area (Å²) in [6, 6.07) is 8.50. The molecule has 4 rings (SSSR count). The lowest BCUT2D eigenvalue weighted by Crippen LogP contribution is -2.48. The predicted molar refractivity (Wildman–Crippen MR) is 97.1 cm³/mol. The SMILES string of the molecule is Cn1cc(C2(C)CN(c3ccc4cc([N+](=O)[O-])ccc4n3)CCO2)cn1. The first kappa shape index (κ1) is 16.5. The Morgan fingerprint density at radius 1 is 1.31 bits per heavy atom. The van der Waals surface area contributed by atoms with Crippen LogP contribution in [0.15, 0.2) is 42.7 Å². The molecule has 2 aromatic heterocycles. The van der Waals surface area contributed by atoms with E-state index in [1.807, 2.05) is 31.6 Å². The van der Waals surface area contributed by atoms with Gasteiger partial charge in [-0.2, -0.15) is 5.10 Å². The van der Waals surface area contributed by atoms with Crippen molar-refractivity contribution in [3.63, 3.8) is 0 Å². The van der Waals surface area contributed by atoms with Gasteiger partial charge in [0.15, 0.2) is 0 Å².